The lowest BCUT2D eigenvalue weighted by molar-refractivity contribution is 0.575. The molecule has 0 aromatic heterocycles. The van der Waals surface area contributed by atoms with Crippen LogP contribution >= 0.6 is 27.5 Å². The van der Waals surface area contributed by atoms with Gasteiger partial charge in [0.25, 0.3) is 0 Å². The fourth-order valence-electron chi connectivity index (χ4n) is 2.33. The molecule has 0 amide bonds. The van der Waals surface area contributed by atoms with Crippen molar-refractivity contribution in [2.24, 2.45) is 0 Å². The van der Waals surface area contributed by atoms with Crippen molar-refractivity contribution in [1.29, 1.82) is 0 Å². The summed E-state index contributed by atoms with van der Waals surface area (Å²) in [4.78, 5) is 0. The van der Waals surface area contributed by atoms with E-state index in [2.05, 4.69) is 33.4 Å². The predicted molar refractivity (Wildman–Crippen MR) is 85.9 cm³/mol. The first-order valence-electron chi connectivity index (χ1n) is 6.33. The number of halogens is 3. The molecule has 0 bridgehead atoms. The van der Waals surface area contributed by atoms with Gasteiger partial charge in [0.15, 0.2) is 0 Å². The quantitative estimate of drug-likeness (QED) is 0.800. The Kier molecular flexibility index (Phi) is 4.84. The molecule has 20 heavy (non-hydrogen) atoms. The van der Waals surface area contributed by atoms with E-state index in [1.165, 1.54) is 6.07 Å². The van der Waals surface area contributed by atoms with Gasteiger partial charge in [-0.05, 0) is 55.8 Å². The summed E-state index contributed by atoms with van der Waals surface area (Å²) in [6.07, 6.45) is 0. The molecule has 0 saturated carbocycles. The molecule has 0 saturated heterocycles. The van der Waals surface area contributed by atoms with Gasteiger partial charge in [0.2, 0.25) is 0 Å². The topological polar surface area (TPSA) is 12.0 Å². The van der Waals surface area contributed by atoms with Gasteiger partial charge in [0.05, 0.1) is 6.04 Å². The molecule has 0 aliphatic heterocycles. The lowest BCUT2D eigenvalue weighted by Gasteiger charge is -2.21. The van der Waals surface area contributed by atoms with Crippen molar-refractivity contribution in [3.05, 3.63) is 67.9 Å². The fourth-order valence-corrected chi connectivity index (χ4v) is 2.95. The lowest BCUT2D eigenvalue weighted by Crippen LogP contribution is -2.20. The predicted octanol–water partition coefficient (Wildman–Crippen LogP) is 5.17. The van der Waals surface area contributed by atoms with Crippen LogP contribution in [0.4, 0.5) is 4.39 Å². The first-order valence-corrected chi connectivity index (χ1v) is 7.50. The van der Waals surface area contributed by atoms with E-state index in [1.54, 1.807) is 12.1 Å². The third-order valence-electron chi connectivity index (χ3n) is 3.42. The molecule has 0 aliphatic carbocycles. The molecule has 1 unspecified atom stereocenters. The van der Waals surface area contributed by atoms with E-state index in [1.807, 2.05) is 20.9 Å². The Morgan fingerprint density at radius 3 is 2.40 bits per heavy atom. The average Bonchev–Trinajstić information content (AvgIpc) is 2.38. The molecule has 0 radical (unpaired) electrons. The standard InChI is InChI=1S/C16H16BrClFN/c1-9-7-14(17)10(2)6-13(9)16(20-3)12-5-4-11(18)8-15(12)19/h4-8,16,20H,1-3H3. The van der Waals surface area contributed by atoms with Crippen LogP contribution in [0.15, 0.2) is 34.8 Å². The number of benzene rings is 2. The van der Waals surface area contributed by atoms with E-state index in [0.717, 1.165) is 21.2 Å². The van der Waals surface area contributed by atoms with Gasteiger partial charge < -0.3 is 5.32 Å². The van der Waals surface area contributed by atoms with Gasteiger partial charge in [-0.3, -0.25) is 0 Å². The molecular formula is C16H16BrClFN. The number of nitrogens with one attached hydrogen (secondary N) is 1. The van der Waals surface area contributed by atoms with E-state index < -0.39 is 0 Å². The monoisotopic (exact) mass is 355 g/mol. The summed E-state index contributed by atoms with van der Waals surface area (Å²) in [6.45, 7) is 4.05. The van der Waals surface area contributed by atoms with Gasteiger partial charge in [-0.1, -0.05) is 39.7 Å². The molecule has 0 spiro atoms. The van der Waals surface area contributed by atoms with Gasteiger partial charge in [-0.2, -0.15) is 0 Å². The molecule has 4 heteroatoms. The normalized spacial score (nSPS) is 12.5. The minimum atomic E-state index is -0.295. The minimum absolute atomic E-state index is 0.195. The third-order valence-corrected chi connectivity index (χ3v) is 4.51. The molecule has 2 aromatic carbocycles. The summed E-state index contributed by atoms with van der Waals surface area (Å²) in [7, 11) is 1.83. The number of hydrogen-bond donors (Lipinski definition) is 1. The van der Waals surface area contributed by atoms with Gasteiger partial charge in [0.1, 0.15) is 5.82 Å². The maximum atomic E-state index is 14.2. The summed E-state index contributed by atoms with van der Waals surface area (Å²) in [5.41, 5.74) is 3.90. The summed E-state index contributed by atoms with van der Waals surface area (Å²) in [5.74, 6) is -0.295. The highest BCUT2D eigenvalue weighted by molar-refractivity contribution is 9.10. The van der Waals surface area contributed by atoms with Crippen LogP contribution in [0.25, 0.3) is 0 Å². The Hall–Kier alpha value is -0.900. The highest BCUT2D eigenvalue weighted by atomic mass is 79.9. The molecule has 2 aromatic rings. The highest BCUT2D eigenvalue weighted by Gasteiger charge is 2.19. The Bertz CT molecular complexity index is 643. The molecule has 1 atom stereocenters. The molecule has 106 valence electrons. The van der Waals surface area contributed by atoms with Crippen molar-refractivity contribution in [2.45, 2.75) is 19.9 Å². The zero-order valence-corrected chi connectivity index (χ0v) is 13.9. The van der Waals surface area contributed by atoms with Gasteiger partial charge >= 0.3 is 0 Å². The minimum Gasteiger partial charge on any atom is -0.309 e. The second-order valence-corrected chi connectivity index (χ2v) is 6.14. The van der Waals surface area contributed by atoms with E-state index in [-0.39, 0.29) is 11.9 Å². The number of hydrogen-bond acceptors (Lipinski definition) is 1. The molecule has 0 fully saturated rings. The smallest absolute Gasteiger partial charge is 0.129 e. The van der Waals surface area contributed by atoms with Crippen LogP contribution in [0.3, 0.4) is 0 Å². The van der Waals surface area contributed by atoms with Gasteiger partial charge in [-0.15, -0.1) is 0 Å². The molecule has 0 aliphatic rings. The van der Waals surface area contributed by atoms with Crippen LogP contribution in [0.5, 0.6) is 0 Å². The summed E-state index contributed by atoms with van der Waals surface area (Å²) >= 11 is 9.34. The maximum Gasteiger partial charge on any atom is 0.129 e. The molecular weight excluding hydrogens is 341 g/mol. The maximum absolute atomic E-state index is 14.2. The summed E-state index contributed by atoms with van der Waals surface area (Å²) in [6, 6.07) is 8.74. The number of rotatable bonds is 3. The molecule has 1 nitrogen and oxygen atoms in total. The van der Waals surface area contributed by atoms with Crippen molar-refractivity contribution < 1.29 is 4.39 Å². The van der Waals surface area contributed by atoms with Crippen molar-refractivity contribution in [1.82, 2.24) is 5.32 Å². The summed E-state index contributed by atoms with van der Waals surface area (Å²) < 4.78 is 15.2. The first kappa shape index (κ1) is 15.5. The Morgan fingerprint density at radius 2 is 1.80 bits per heavy atom. The Labute approximate surface area is 132 Å². The Balaban J connectivity index is 2.55. The number of aryl methyl sites for hydroxylation is 2. The first-order chi connectivity index (χ1) is 9.43. The van der Waals surface area contributed by atoms with E-state index in [0.29, 0.717) is 10.6 Å². The Morgan fingerprint density at radius 1 is 1.10 bits per heavy atom. The van der Waals surface area contributed by atoms with Crippen LogP contribution in [0, 0.1) is 19.7 Å². The zero-order chi connectivity index (χ0) is 14.9. The SMILES string of the molecule is CNC(c1cc(C)c(Br)cc1C)c1ccc(Cl)cc1F. The second kappa shape index (κ2) is 6.25. The van der Waals surface area contributed by atoms with Crippen LogP contribution in [-0.2, 0) is 0 Å². The largest absolute Gasteiger partial charge is 0.309 e. The molecule has 0 heterocycles. The van der Waals surface area contributed by atoms with Gasteiger partial charge in [0, 0.05) is 15.1 Å². The van der Waals surface area contributed by atoms with E-state index >= 15 is 0 Å². The molecule has 2 rings (SSSR count). The third kappa shape index (κ3) is 3.05. The van der Waals surface area contributed by atoms with E-state index in [9.17, 15) is 4.39 Å². The van der Waals surface area contributed by atoms with Crippen LogP contribution in [0.2, 0.25) is 5.02 Å². The summed E-state index contributed by atoms with van der Waals surface area (Å²) in [5, 5.41) is 3.59. The van der Waals surface area contributed by atoms with Crippen molar-refractivity contribution in [2.75, 3.05) is 7.05 Å². The van der Waals surface area contributed by atoms with Gasteiger partial charge in [-0.25, -0.2) is 4.39 Å². The van der Waals surface area contributed by atoms with Crippen molar-refractivity contribution in [3.8, 4) is 0 Å². The van der Waals surface area contributed by atoms with Crippen LogP contribution < -0.4 is 5.32 Å². The van der Waals surface area contributed by atoms with Crippen LogP contribution in [-0.4, -0.2) is 7.05 Å². The lowest BCUT2D eigenvalue weighted by atomic mass is 9.93. The highest BCUT2D eigenvalue weighted by Crippen LogP contribution is 2.31. The molecule has 1 N–H and O–H groups in total. The van der Waals surface area contributed by atoms with Crippen molar-refractivity contribution >= 4 is 27.5 Å². The van der Waals surface area contributed by atoms with Crippen molar-refractivity contribution in [3.63, 3.8) is 0 Å². The van der Waals surface area contributed by atoms with E-state index in [4.69, 9.17) is 11.6 Å². The fraction of sp³-hybridized carbons (Fsp3) is 0.250. The second-order valence-electron chi connectivity index (χ2n) is 4.85. The van der Waals surface area contributed by atoms with Crippen LogP contribution in [0.1, 0.15) is 28.3 Å². The zero-order valence-electron chi connectivity index (χ0n) is 11.6. The average molecular weight is 357 g/mol.